The second-order valence-corrected chi connectivity index (χ2v) is 9.04. The molecule has 1 aromatic carbocycles. The van der Waals surface area contributed by atoms with Crippen molar-refractivity contribution in [1.29, 1.82) is 0 Å². The van der Waals surface area contributed by atoms with Crippen LogP contribution < -0.4 is 10.2 Å². The number of nitrogens with zero attached hydrogens (tertiary/aromatic N) is 3. The predicted molar refractivity (Wildman–Crippen MR) is 112 cm³/mol. The number of anilines is 2. The van der Waals surface area contributed by atoms with Gasteiger partial charge in [0.2, 0.25) is 15.9 Å². The lowest BCUT2D eigenvalue weighted by Crippen LogP contribution is -2.48. The molecule has 2 heterocycles. The molecule has 8 nitrogen and oxygen atoms in total. The van der Waals surface area contributed by atoms with Crippen LogP contribution in [0.3, 0.4) is 0 Å². The quantitative estimate of drug-likeness (QED) is 0.769. The van der Waals surface area contributed by atoms with Crippen LogP contribution in [0.4, 0.5) is 11.5 Å². The van der Waals surface area contributed by atoms with E-state index in [2.05, 4.69) is 10.3 Å². The van der Waals surface area contributed by atoms with Gasteiger partial charge in [0.1, 0.15) is 12.4 Å². The van der Waals surface area contributed by atoms with Crippen molar-refractivity contribution >= 4 is 27.4 Å². The smallest absolute Gasteiger partial charge is 0.250 e. The first kappa shape index (κ1) is 21.2. The number of hydrogen-bond acceptors (Lipinski definition) is 6. The van der Waals surface area contributed by atoms with Crippen LogP contribution >= 0.6 is 0 Å². The summed E-state index contributed by atoms with van der Waals surface area (Å²) in [4.78, 5) is 18.3. The highest BCUT2D eigenvalue weighted by Gasteiger charge is 2.29. The van der Waals surface area contributed by atoms with E-state index in [-0.39, 0.29) is 12.5 Å². The SMILES string of the molecule is COCC(=O)Nc1ccc(N2CCN(S(=O)(=O)c3cc(C)cc(C)c3)CC2)nc1. The number of sulfonamides is 1. The third-order valence-electron chi connectivity index (χ3n) is 4.70. The van der Waals surface area contributed by atoms with Crippen molar-refractivity contribution in [1.82, 2.24) is 9.29 Å². The maximum absolute atomic E-state index is 13.0. The summed E-state index contributed by atoms with van der Waals surface area (Å²) in [6.07, 6.45) is 1.58. The number of carbonyl (C=O) groups is 1. The van der Waals surface area contributed by atoms with E-state index in [0.717, 1.165) is 16.9 Å². The molecule has 0 spiro atoms. The lowest BCUT2D eigenvalue weighted by molar-refractivity contribution is -0.119. The van der Waals surface area contributed by atoms with Crippen molar-refractivity contribution in [2.45, 2.75) is 18.7 Å². The van der Waals surface area contributed by atoms with Crippen LogP contribution in [0, 0.1) is 13.8 Å². The minimum absolute atomic E-state index is 0.0152. The lowest BCUT2D eigenvalue weighted by atomic mass is 10.2. The van der Waals surface area contributed by atoms with Gasteiger partial charge in [-0.1, -0.05) is 6.07 Å². The fourth-order valence-electron chi connectivity index (χ4n) is 3.36. The van der Waals surface area contributed by atoms with Gasteiger partial charge in [-0.05, 0) is 49.2 Å². The molecule has 1 fully saturated rings. The molecule has 1 amide bonds. The summed E-state index contributed by atoms with van der Waals surface area (Å²) >= 11 is 0. The number of carbonyl (C=O) groups excluding carboxylic acids is 1. The average molecular weight is 419 g/mol. The van der Waals surface area contributed by atoms with E-state index >= 15 is 0 Å². The van der Waals surface area contributed by atoms with E-state index in [1.807, 2.05) is 30.9 Å². The molecular formula is C20H26N4O4S. The molecule has 156 valence electrons. The van der Waals surface area contributed by atoms with Gasteiger partial charge < -0.3 is 15.0 Å². The Balaban J connectivity index is 1.63. The minimum Gasteiger partial charge on any atom is -0.375 e. The van der Waals surface area contributed by atoms with Crippen LogP contribution in [0.2, 0.25) is 0 Å². The molecule has 1 N–H and O–H groups in total. The number of rotatable bonds is 6. The van der Waals surface area contributed by atoms with Crippen molar-refractivity contribution in [3.8, 4) is 0 Å². The molecule has 1 aromatic heterocycles. The molecule has 3 rings (SSSR count). The maximum Gasteiger partial charge on any atom is 0.250 e. The molecule has 2 aromatic rings. The largest absolute Gasteiger partial charge is 0.375 e. The maximum atomic E-state index is 13.0. The monoisotopic (exact) mass is 418 g/mol. The van der Waals surface area contributed by atoms with E-state index in [0.29, 0.717) is 36.8 Å². The highest BCUT2D eigenvalue weighted by Crippen LogP contribution is 2.22. The van der Waals surface area contributed by atoms with Crippen molar-refractivity contribution < 1.29 is 17.9 Å². The fraction of sp³-hybridized carbons (Fsp3) is 0.400. The normalized spacial score (nSPS) is 15.3. The first-order valence-electron chi connectivity index (χ1n) is 9.38. The number of nitrogens with one attached hydrogen (secondary N) is 1. The van der Waals surface area contributed by atoms with Gasteiger partial charge in [0.25, 0.3) is 0 Å². The van der Waals surface area contributed by atoms with Gasteiger partial charge in [0.15, 0.2) is 0 Å². The standard InChI is InChI=1S/C20H26N4O4S/c1-15-10-16(2)12-18(11-15)29(26,27)24-8-6-23(7-9-24)19-5-4-17(13-21-19)22-20(25)14-28-3/h4-5,10-13H,6-9,14H2,1-3H3,(H,22,25). The molecule has 1 aliphatic rings. The van der Waals surface area contributed by atoms with Gasteiger partial charge >= 0.3 is 0 Å². The topological polar surface area (TPSA) is 91.8 Å². The summed E-state index contributed by atoms with van der Waals surface area (Å²) in [5.41, 5.74) is 2.46. The summed E-state index contributed by atoms with van der Waals surface area (Å²) in [6, 6.07) is 8.98. The Morgan fingerprint density at radius 2 is 1.76 bits per heavy atom. The van der Waals surface area contributed by atoms with E-state index in [9.17, 15) is 13.2 Å². The van der Waals surface area contributed by atoms with Crippen LogP contribution in [0.15, 0.2) is 41.4 Å². The number of pyridine rings is 1. The number of benzene rings is 1. The minimum atomic E-state index is -3.51. The van der Waals surface area contributed by atoms with Gasteiger partial charge in [-0.3, -0.25) is 4.79 Å². The number of ether oxygens (including phenoxy) is 1. The third-order valence-corrected chi connectivity index (χ3v) is 6.58. The average Bonchev–Trinajstić information content (AvgIpc) is 2.68. The van der Waals surface area contributed by atoms with Gasteiger partial charge in [0, 0.05) is 33.3 Å². The highest BCUT2D eigenvalue weighted by molar-refractivity contribution is 7.89. The zero-order chi connectivity index (χ0) is 21.0. The molecule has 0 saturated carbocycles. The van der Waals surface area contributed by atoms with Gasteiger partial charge in [-0.2, -0.15) is 4.31 Å². The van der Waals surface area contributed by atoms with Crippen LogP contribution in [0.5, 0.6) is 0 Å². The first-order chi connectivity index (χ1) is 13.8. The van der Waals surface area contributed by atoms with Crippen LogP contribution in [-0.2, 0) is 19.6 Å². The van der Waals surface area contributed by atoms with E-state index in [4.69, 9.17) is 4.74 Å². The van der Waals surface area contributed by atoms with Crippen LogP contribution in [0.25, 0.3) is 0 Å². The van der Waals surface area contributed by atoms with Crippen molar-refractivity contribution in [2.75, 3.05) is 50.1 Å². The molecule has 29 heavy (non-hydrogen) atoms. The van der Waals surface area contributed by atoms with Gasteiger partial charge in [-0.15, -0.1) is 0 Å². The molecule has 1 aliphatic heterocycles. The molecule has 0 atom stereocenters. The third kappa shape index (κ3) is 5.11. The second-order valence-electron chi connectivity index (χ2n) is 7.10. The Morgan fingerprint density at radius 3 is 2.31 bits per heavy atom. The lowest BCUT2D eigenvalue weighted by Gasteiger charge is -2.34. The summed E-state index contributed by atoms with van der Waals surface area (Å²) in [7, 11) is -2.05. The highest BCUT2D eigenvalue weighted by atomic mass is 32.2. The van der Waals surface area contributed by atoms with Crippen molar-refractivity contribution in [3.63, 3.8) is 0 Å². The summed E-state index contributed by atoms with van der Waals surface area (Å²) in [5.74, 6) is 0.505. The van der Waals surface area contributed by atoms with Crippen molar-refractivity contribution in [2.24, 2.45) is 0 Å². The van der Waals surface area contributed by atoms with Crippen molar-refractivity contribution in [3.05, 3.63) is 47.7 Å². The molecule has 0 aliphatic carbocycles. The predicted octanol–water partition coefficient (Wildman–Crippen LogP) is 1.79. The molecule has 9 heteroatoms. The Bertz CT molecular complexity index is 948. The second kappa shape index (κ2) is 8.89. The van der Waals surface area contributed by atoms with Gasteiger partial charge in [0.05, 0.1) is 16.8 Å². The molecule has 0 unspecified atom stereocenters. The number of amides is 1. The van der Waals surface area contributed by atoms with E-state index < -0.39 is 10.0 Å². The molecule has 1 saturated heterocycles. The Morgan fingerprint density at radius 1 is 1.10 bits per heavy atom. The van der Waals surface area contributed by atoms with Crippen LogP contribution in [0.1, 0.15) is 11.1 Å². The molecular weight excluding hydrogens is 392 g/mol. The Labute approximate surface area is 171 Å². The summed E-state index contributed by atoms with van der Waals surface area (Å²) in [6.45, 7) is 5.66. The Hall–Kier alpha value is -2.49. The summed E-state index contributed by atoms with van der Waals surface area (Å²) in [5, 5.41) is 2.69. The molecule has 0 bridgehead atoms. The zero-order valence-corrected chi connectivity index (χ0v) is 17.7. The van der Waals surface area contributed by atoms with E-state index in [1.165, 1.54) is 11.4 Å². The number of piperazine rings is 1. The van der Waals surface area contributed by atoms with Gasteiger partial charge in [-0.25, -0.2) is 13.4 Å². The number of aromatic nitrogens is 1. The fourth-order valence-corrected chi connectivity index (χ4v) is 4.98. The first-order valence-corrected chi connectivity index (χ1v) is 10.8. The number of aryl methyl sites for hydroxylation is 2. The Kier molecular flexibility index (Phi) is 6.51. The zero-order valence-electron chi connectivity index (χ0n) is 16.9. The number of methoxy groups -OCH3 is 1. The van der Waals surface area contributed by atoms with E-state index in [1.54, 1.807) is 24.4 Å². The van der Waals surface area contributed by atoms with Crippen LogP contribution in [-0.4, -0.2) is 63.5 Å². The summed E-state index contributed by atoms with van der Waals surface area (Å²) < 4.78 is 32.3. The number of hydrogen-bond donors (Lipinski definition) is 1. The molecule has 0 radical (unpaired) electrons.